The molecule has 1 N–H and O–H groups in total. The number of rotatable bonds is 5. The molecule has 0 aromatic heterocycles. The molecule has 120 valence electrons. The van der Waals surface area contributed by atoms with Crippen molar-refractivity contribution in [2.75, 3.05) is 13.7 Å². The molecule has 1 aliphatic rings. The van der Waals surface area contributed by atoms with Gasteiger partial charge in [-0.3, -0.25) is 9.59 Å². The molecule has 0 atom stereocenters. The van der Waals surface area contributed by atoms with Crippen molar-refractivity contribution >= 4 is 11.9 Å². The van der Waals surface area contributed by atoms with Gasteiger partial charge >= 0.3 is 5.97 Å². The van der Waals surface area contributed by atoms with Crippen LogP contribution in [-0.2, 0) is 16.0 Å². The van der Waals surface area contributed by atoms with E-state index in [0.717, 1.165) is 43.2 Å². The van der Waals surface area contributed by atoms with Gasteiger partial charge in [-0.25, -0.2) is 0 Å². The highest BCUT2D eigenvalue weighted by Gasteiger charge is 2.27. The molecule has 0 bridgehead atoms. The summed E-state index contributed by atoms with van der Waals surface area (Å²) in [5.74, 6) is 0.406. The number of hydrogen-bond acceptors (Lipinski definition) is 3. The summed E-state index contributed by atoms with van der Waals surface area (Å²) in [7, 11) is 1.44. The van der Waals surface area contributed by atoms with Gasteiger partial charge in [-0.05, 0) is 49.7 Å². The van der Waals surface area contributed by atoms with E-state index in [1.54, 1.807) is 0 Å². The number of carbonyl (C=O) groups excluding carboxylic acids is 2. The highest BCUT2D eigenvalue weighted by atomic mass is 16.5. The lowest BCUT2D eigenvalue weighted by Crippen LogP contribution is -2.33. The Balaban J connectivity index is 1.81. The molecule has 2 rings (SSSR count). The van der Waals surface area contributed by atoms with Crippen LogP contribution < -0.4 is 5.32 Å². The lowest BCUT2D eigenvalue weighted by molar-refractivity contribution is -0.146. The van der Waals surface area contributed by atoms with Gasteiger partial charge in [0.15, 0.2) is 0 Å². The molecule has 1 aliphatic carbocycles. The molecule has 1 aromatic carbocycles. The smallest absolute Gasteiger partial charge is 0.308 e. The van der Waals surface area contributed by atoms with E-state index in [2.05, 4.69) is 12.2 Å². The fraction of sp³-hybridized carbons (Fsp3) is 0.556. The molecule has 0 aliphatic heterocycles. The highest BCUT2D eigenvalue weighted by molar-refractivity contribution is 5.95. The van der Waals surface area contributed by atoms with Crippen LogP contribution >= 0.6 is 0 Å². The summed E-state index contributed by atoms with van der Waals surface area (Å²) in [5, 5.41) is 3.05. The van der Waals surface area contributed by atoms with Gasteiger partial charge in [0.1, 0.15) is 0 Å². The van der Waals surface area contributed by atoms with Crippen molar-refractivity contribution in [2.24, 2.45) is 11.8 Å². The summed E-state index contributed by atoms with van der Waals surface area (Å²) >= 11 is 0. The van der Waals surface area contributed by atoms with Crippen molar-refractivity contribution in [3.63, 3.8) is 0 Å². The van der Waals surface area contributed by atoms with E-state index in [9.17, 15) is 9.59 Å². The second kappa shape index (κ2) is 7.97. The predicted octanol–water partition coefficient (Wildman–Crippen LogP) is 2.96. The molecule has 4 nitrogen and oxygen atoms in total. The van der Waals surface area contributed by atoms with E-state index in [0.29, 0.717) is 12.5 Å². The Morgan fingerprint density at radius 2 is 1.86 bits per heavy atom. The number of benzene rings is 1. The first-order chi connectivity index (χ1) is 10.7. The van der Waals surface area contributed by atoms with Gasteiger partial charge in [-0.2, -0.15) is 0 Å². The molecule has 1 saturated carbocycles. The first-order valence-electron chi connectivity index (χ1n) is 8.09. The number of methoxy groups -OCH3 is 1. The minimum absolute atomic E-state index is 0.00698. The quantitative estimate of drug-likeness (QED) is 0.851. The number of carbonyl (C=O) groups is 2. The second-order valence-electron chi connectivity index (χ2n) is 5.96. The van der Waals surface area contributed by atoms with Crippen molar-refractivity contribution in [1.82, 2.24) is 5.32 Å². The Labute approximate surface area is 132 Å². The molecule has 1 fully saturated rings. The van der Waals surface area contributed by atoms with E-state index < -0.39 is 0 Å². The summed E-state index contributed by atoms with van der Waals surface area (Å²) in [4.78, 5) is 23.8. The van der Waals surface area contributed by atoms with Crippen LogP contribution in [0, 0.1) is 11.8 Å². The first kappa shape index (κ1) is 16.5. The zero-order valence-corrected chi connectivity index (χ0v) is 13.4. The fourth-order valence-electron chi connectivity index (χ4n) is 3.15. The highest BCUT2D eigenvalue weighted by Crippen LogP contribution is 2.29. The number of hydrogen-bond donors (Lipinski definition) is 1. The van der Waals surface area contributed by atoms with Gasteiger partial charge in [0.25, 0.3) is 5.91 Å². The van der Waals surface area contributed by atoms with Crippen LogP contribution in [0.3, 0.4) is 0 Å². The molecule has 22 heavy (non-hydrogen) atoms. The lowest BCUT2D eigenvalue weighted by Gasteiger charge is -2.27. The standard InChI is InChI=1S/C18H25NO3/c1-3-14-6-4-5-7-16(14)17(20)19-12-13-8-10-15(11-9-13)18(21)22-2/h4-7,13,15H,3,8-12H2,1-2H3,(H,19,20). The molecule has 1 aromatic rings. The predicted molar refractivity (Wildman–Crippen MR) is 85.6 cm³/mol. The van der Waals surface area contributed by atoms with Crippen LogP contribution in [0.1, 0.15) is 48.5 Å². The topological polar surface area (TPSA) is 55.4 Å². The van der Waals surface area contributed by atoms with Gasteiger partial charge in [-0.15, -0.1) is 0 Å². The number of aryl methyl sites for hydroxylation is 1. The maximum absolute atomic E-state index is 12.3. The van der Waals surface area contributed by atoms with Gasteiger partial charge in [0.2, 0.25) is 0 Å². The van der Waals surface area contributed by atoms with Crippen molar-refractivity contribution in [1.29, 1.82) is 0 Å². The Kier molecular flexibility index (Phi) is 5.99. The van der Waals surface area contributed by atoms with Crippen molar-refractivity contribution < 1.29 is 14.3 Å². The molecule has 0 heterocycles. The monoisotopic (exact) mass is 303 g/mol. The summed E-state index contributed by atoms with van der Waals surface area (Å²) < 4.78 is 4.80. The summed E-state index contributed by atoms with van der Waals surface area (Å²) in [6.07, 6.45) is 4.51. The maximum atomic E-state index is 12.3. The Bertz CT molecular complexity index is 519. The molecule has 0 saturated heterocycles. The number of esters is 1. The second-order valence-corrected chi connectivity index (χ2v) is 5.96. The number of nitrogens with one attached hydrogen (secondary N) is 1. The van der Waals surface area contributed by atoms with Crippen molar-refractivity contribution in [2.45, 2.75) is 39.0 Å². The van der Waals surface area contributed by atoms with Crippen molar-refractivity contribution in [3.8, 4) is 0 Å². The van der Waals surface area contributed by atoms with Crippen molar-refractivity contribution in [3.05, 3.63) is 35.4 Å². The van der Waals surface area contributed by atoms with Gasteiger partial charge < -0.3 is 10.1 Å². The Morgan fingerprint density at radius 3 is 2.50 bits per heavy atom. The van der Waals surface area contributed by atoms with E-state index in [1.807, 2.05) is 24.3 Å². The van der Waals surface area contributed by atoms with E-state index in [-0.39, 0.29) is 17.8 Å². The van der Waals surface area contributed by atoms with E-state index >= 15 is 0 Å². The Hall–Kier alpha value is -1.84. The third kappa shape index (κ3) is 4.09. The third-order valence-corrected chi connectivity index (χ3v) is 4.58. The van der Waals surface area contributed by atoms with Gasteiger partial charge in [0, 0.05) is 12.1 Å². The van der Waals surface area contributed by atoms with Crippen LogP contribution in [0.4, 0.5) is 0 Å². The molecular formula is C18H25NO3. The largest absolute Gasteiger partial charge is 0.469 e. The van der Waals surface area contributed by atoms with Crippen LogP contribution in [-0.4, -0.2) is 25.5 Å². The SMILES string of the molecule is CCc1ccccc1C(=O)NCC1CCC(C(=O)OC)CC1. The lowest BCUT2D eigenvalue weighted by atomic mass is 9.82. The molecule has 0 unspecified atom stereocenters. The number of amides is 1. The summed E-state index contributed by atoms with van der Waals surface area (Å²) in [6, 6.07) is 7.73. The normalized spacial score (nSPS) is 21.2. The van der Waals surface area contributed by atoms with E-state index in [1.165, 1.54) is 7.11 Å². The zero-order valence-electron chi connectivity index (χ0n) is 13.4. The van der Waals surface area contributed by atoms with Gasteiger partial charge in [-0.1, -0.05) is 25.1 Å². The molecule has 1 amide bonds. The maximum Gasteiger partial charge on any atom is 0.308 e. The third-order valence-electron chi connectivity index (χ3n) is 4.58. The van der Waals surface area contributed by atoms with Crippen LogP contribution in [0.15, 0.2) is 24.3 Å². The average molecular weight is 303 g/mol. The zero-order chi connectivity index (χ0) is 15.9. The van der Waals surface area contributed by atoms with Crippen LogP contribution in [0.25, 0.3) is 0 Å². The van der Waals surface area contributed by atoms with Crippen LogP contribution in [0.5, 0.6) is 0 Å². The minimum atomic E-state index is -0.0978. The molecule has 4 heteroatoms. The van der Waals surface area contributed by atoms with Gasteiger partial charge in [0.05, 0.1) is 13.0 Å². The number of ether oxygens (including phenoxy) is 1. The Morgan fingerprint density at radius 1 is 1.18 bits per heavy atom. The van der Waals surface area contributed by atoms with E-state index in [4.69, 9.17) is 4.74 Å². The molecule has 0 radical (unpaired) electrons. The summed E-state index contributed by atoms with van der Waals surface area (Å²) in [5.41, 5.74) is 1.85. The minimum Gasteiger partial charge on any atom is -0.469 e. The van der Waals surface area contributed by atoms with Crippen LogP contribution in [0.2, 0.25) is 0 Å². The fourth-order valence-corrected chi connectivity index (χ4v) is 3.15. The molecule has 0 spiro atoms. The summed E-state index contributed by atoms with van der Waals surface area (Å²) in [6.45, 7) is 2.74. The molecular weight excluding hydrogens is 278 g/mol. The first-order valence-corrected chi connectivity index (χ1v) is 8.09. The average Bonchev–Trinajstić information content (AvgIpc) is 2.59.